The third-order valence-corrected chi connectivity index (χ3v) is 5.15. The van der Waals surface area contributed by atoms with Crippen LogP contribution in [0, 0.1) is 0 Å². The summed E-state index contributed by atoms with van der Waals surface area (Å²) in [5, 5.41) is 2.48. The SMILES string of the molecule is CCN(C(C)=O)c1nc(COc2ccc(S(C)(=O)=O)cc2)cs1. The van der Waals surface area contributed by atoms with E-state index in [1.54, 1.807) is 17.0 Å². The Kier molecular flexibility index (Phi) is 5.38. The number of nitrogens with zero attached hydrogens (tertiary/aromatic N) is 2. The number of hydrogen-bond acceptors (Lipinski definition) is 6. The van der Waals surface area contributed by atoms with Crippen LogP contribution in [-0.2, 0) is 21.2 Å². The predicted molar refractivity (Wildman–Crippen MR) is 89.7 cm³/mol. The molecule has 6 nitrogen and oxygen atoms in total. The molecule has 23 heavy (non-hydrogen) atoms. The lowest BCUT2D eigenvalue weighted by Crippen LogP contribution is -2.27. The van der Waals surface area contributed by atoms with E-state index >= 15 is 0 Å². The molecule has 0 saturated heterocycles. The number of sulfone groups is 1. The highest BCUT2D eigenvalue weighted by atomic mass is 32.2. The maximum atomic E-state index is 11.5. The van der Waals surface area contributed by atoms with E-state index in [0.717, 1.165) is 11.9 Å². The first-order valence-electron chi connectivity index (χ1n) is 6.96. The fourth-order valence-electron chi connectivity index (χ4n) is 1.92. The Morgan fingerprint density at radius 3 is 2.48 bits per heavy atom. The van der Waals surface area contributed by atoms with Crippen LogP contribution in [0.4, 0.5) is 5.13 Å². The van der Waals surface area contributed by atoms with Crippen LogP contribution >= 0.6 is 11.3 Å². The number of rotatable bonds is 6. The number of carbonyl (C=O) groups is 1. The highest BCUT2D eigenvalue weighted by molar-refractivity contribution is 7.90. The van der Waals surface area contributed by atoms with E-state index in [1.807, 2.05) is 12.3 Å². The monoisotopic (exact) mass is 354 g/mol. The van der Waals surface area contributed by atoms with Gasteiger partial charge in [0.15, 0.2) is 15.0 Å². The van der Waals surface area contributed by atoms with Crippen molar-refractivity contribution in [1.29, 1.82) is 0 Å². The van der Waals surface area contributed by atoms with Gasteiger partial charge in [-0.1, -0.05) is 0 Å². The van der Waals surface area contributed by atoms with Crippen molar-refractivity contribution in [2.24, 2.45) is 0 Å². The van der Waals surface area contributed by atoms with Crippen molar-refractivity contribution in [2.75, 3.05) is 17.7 Å². The van der Waals surface area contributed by atoms with E-state index in [0.29, 0.717) is 17.4 Å². The second-order valence-corrected chi connectivity index (χ2v) is 7.77. The van der Waals surface area contributed by atoms with Crippen LogP contribution in [0.1, 0.15) is 19.5 Å². The van der Waals surface area contributed by atoms with Gasteiger partial charge in [0.05, 0.1) is 10.6 Å². The number of aromatic nitrogens is 1. The van der Waals surface area contributed by atoms with E-state index in [2.05, 4.69) is 4.98 Å². The largest absolute Gasteiger partial charge is 0.487 e. The summed E-state index contributed by atoms with van der Waals surface area (Å²) in [5.41, 5.74) is 0.719. The average molecular weight is 354 g/mol. The lowest BCUT2D eigenvalue weighted by molar-refractivity contribution is -0.116. The van der Waals surface area contributed by atoms with Crippen LogP contribution < -0.4 is 9.64 Å². The molecule has 0 atom stereocenters. The number of hydrogen-bond donors (Lipinski definition) is 0. The molecule has 0 aliphatic rings. The van der Waals surface area contributed by atoms with Crippen molar-refractivity contribution in [3.8, 4) is 5.75 Å². The van der Waals surface area contributed by atoms with Gasteiger partial charge in [-0.2, -0.15) is 0 Å². The molecule has 1 aromatic carbocycles. The summed E-state index contributed by atoms with van der Waals surface area (Å²) in [6.45, 7) is 4.22. The number of benzene rings is 1. The lowest BCUT2D eigenvalue weighted by Gasteiger charge is -2.14. The van der Waals surface area contributed by atoms with Gasteiger partial charge in [-0.25, -0.2) is 13.4 Å². The molecule has 0 N–H and O–H groups in total. The molecule has 0 spiro atoms. The van der Waals surface area contributed by atoms with E-state index in [4.69, 9.17) is 4.74 Å². The molecule has 1 heterocycles. The molecular weight excluding hydrogens is 336 g/mol. The molecule has 0 aliphatic carbocycles. The molecule has 2 rings (SSSR count). The Balaban J connectivity index is 2.01. The number of thiazole rings is 1. The van der Waals surface area contributed by atoms with E-state index in [1.165, 1.54) is 30.4 Å². The van der Waals surface area contributed by atoms with Gasteiger partial charge < -0.3 is 4.74 Å². The summed E-state index contributed by atoms with van der Waals surface area (Å²) in [5.74, 6) is 0.511. The first kappa shape index (κ1) is 17.4. The molecule has 0 bridgehead atoms. The maximum Gasteiger partial charge on any atom is 0.225 e. The zero-order valence-corrected chi connectivity index (χ0v) is 14.8. The minimum absolute atomic E-state index is 0.0503. The van der Waals surface area contributed by atoms with Crippen LogP contribution in [0.3, 0.4) is 0 Å². The quantitative estimate of drug-likeness (QED) is 0.796. The van der Waals surface area contributed by atoms with Crippen molar-refractivity contribution in [3.05, 3.63) is 35.3 Å². The van der Waals surface area contributed by atoms with Gasteiger partial charge in [0.1, 0.15) is 12.4 Å². The molecule has 1 amide bonds. The minimum Gasteiger partial charge on any atom is -0.487 e. The molecule has 8 heteroatoms. The van der Waals surface area contributed by atoms with Gasteiger partial charge >= 0.3 is 0 Å². The zero-order valence-electron chi connectivity index (χ0n) is 13.1. The number of anilines is 1. The van der Waals surface area contributed by atoms with Gasteiger partial charge in [0.2, 0.25) is 5.91 Å². The summed E-state index contributed by atoms with van der Waals surface area (Å²) in [6, 6.07) is 6.23. The molecule has 124 valence electrons. The van der Waals surface area contributed by atoms with Gasteiger partial charge in [-0.3, -0.25) is 9.69 Å². The summed E-state index contributed by atoms with van der Waals surface area (Å²) in [7, 11) is -3.21. The van der Waals surface area contributed by atoms with Crippen molar-refractivity contribution in [3.63, 3.8) is 0 Å². The smallest absolute Gasteiger partial charge is 0.225 e. The van der Waals surface area contributed by atoms with Crippen LogP contribution in [0.25, 0.3) is 0 Å². The van der Waals surface area contributed by atoms with Gasteiger partial charge in [-0.15, -0.1) is 11.3 Å². The summed E-state index contributed by atoms with van der Waals surface area (Å²) >= 11 is 1.39. The topological polar surface area (TPSA) is 76.6 Å². The standard InChI is InChI=1S/C15H18N2O4S2/c1-4-17(11(2)18)15-16-12(10-22-15)9-21-13-5-7-14(8-6-13)23(3,19)20/h5-8,10H,4,9H2,1-3H3. The highest BCUT2D eigenvalue weighted by Crippen LogP contribution is 2.22. The van der Waals surface area contributed by atoms with Gasteiger partial charge in [0, 0.05) is 25.1 Å². The van der Waals surface area contributed by atoms with Gasteiger partial charge in [-0.05, 0) is 31.2 Å². The van der Waals surface area contributed by atoms with E-state index in [-0.39, 0.29) is 17.4 Å². The Morgan fingerprint density at radius 1 is 1.30 bits per heavy atom. The number of amides is 1. The molecule has 0 saturated carbocycles. The molecule has 0 radical (unpaired) electrons. The fraction of sp³-hybridized carbons (Fsp3) is 0.333. The average Bonchev–Trinajstić information content (AvgIpc) is 2.93. The molecule has 2 aromatic rings. The third-order valence-electron chi connectivity index (χ3n) is 3.11. The van der Waals surface area contributed by atoms with E-state index < -0.39 is 9.84 Å². The summed E-state index contributed by atoms with van der Waals surface area (Å²) in [4.78, 5) is 17.7. The number of carbonyl (C=O) groups excluding carboxylic acids is 1. The van der Waals surface area contributed by atoms with Crippen LogP contribution in [0.5, 0.6) is 5.75 Å². The lowest BCUT2D eigenvalue weighted by atomic mass is 10.3. The van der Waals surface area contributed by atoms with Gasteiger partial charge in [0.25, 0.3) is 0 Å². The number of ether oxygens (including phenoxy) is 1. The molecule has 0 unspecified atom stereocenters. The van der Waals surface area contributed by atoms with E-state index in [9.17, 15) is 13.2 Å². The molecule has 0 aliphatic heterocycles. The van der Waals surface area contributed by atoms with Crippen molar-refractivity contribution >= 4 is 32.2 Å². The zero-order chi connectivity index (χ0) is 17.0. The molecule has 0 fully saturated rings. The second-order valence-electron chi connectivity index (χ2n) is 4.92. The summed E-state index contributed by atoms with van der Waals surface area (Å²) < 4.78 is 28.4. The Bertz CT molecular complexity index is 782. The highest BCUT2D eigenvalue weighted by Gasteiger charge is 2.13. The summed E-state index contributed by atoms with van der Waals surface area (Å²) in [6.07, 6.45) is 1.16. The Labute approximate surface area is 139 Å². The normalized spacial score (nSPS) is 11.3. The fourth-order valence-corrected chi connectivity index (χ4v) is 3.47. The Hall–Kier alpha value is -1.93. The Morgan fingerprint density at radius 2 is 1.96 bits per heavy atom. The van der Waals surface area contributed by atoms with Crippen LogP contribution in [0.15, 0.2) is 34.5 Å². The minimum atomic E-state index is -3.21. The predicted octanol–water partition coefficient (Wildman–Crippen LogP) is 2.50. The second kappa shape index (κ2) is 7.10. The van der Waals surface area contributed by atoms with Crippen molar-refractivity contribution in [1.82, 2.24) is 4.98 Å². The first-order valence-corrected chi connectivity index (χ1v) is 9.73. The molecular formula is C15H18N2O4S2. The van der Waals surface area contributed by atoms with Crippen LogP contribution in [0.2, 0.25) is 0 Å². The third kappa shape index (κ3) is 4.52. The van der Waals surface area contributed by atoms with Crippen molar-refractivity contribution < 1.29 is 17.9 Å². The van der Waals surface area contributed by atoms with Crippen LogP contribution in [-0.4, -0.2) is 32.1 Å². The molecule has 1 aromatic heterocycles. The van der Waals surface area contributed by atoms with Crippen molar-refractivity contribution in [2.45, 2.75) is 25.3 Å². The first-order chi connectivity index (χ1) is 10.8. The maximum absolute atomic E-state index is 11.5.